The molecule has 0 atom stereocenters. The van der Waals surface area contributed by atoms with Crippen LogP contribution in [0.15, 0.2) is 24.3 Å². The van der Waals surface area contributed by atoms with Crippen molar-refractivity contribution in [3.05, 3.63) is 35.6 Å². The Morgan fingerprint density at radius 1 is 1.40 bits per heavy atom. The van der Waals surface area contributed by atoms with Gasteiger partial charge in [-0.3, -0.25) is 14.5 Å². The van der Waals surface area contributed by atoms with Gasteiger partial charge < -0.3 is 5.32 Å². The van der Waals surface area contributed by atoms with E-state index in [2.05, 4.69) is 5.32 Å². The number of ketones is 1. The van der Waals surface area contributed by atoms with Crippen molar-refractivity contribution in [2.75, 3.05) is 19.6 Å². The maximum atomic E-state index is 13.5. The minimum absolute atomic E-state index is 0.0564. The first-order valence-corrected chi connectivity index (χ1v) is 6.69. The Bertz CT molecular complexity index is 528. The number of benzene rings is 1. The molecule has 0 aliphatic carbocycles. The molecular formula is C15H19FN2O2. The van der Waals surface area contributed by atoms with E-state index in [1.54, 1.807) is 32.0 Å². The van der Waals surface area contributed by atoms with Crippen LogP contribution in [0.2, 0.25) is 0 Å². The van der Waals surface area contributed by atoms with Crippen molar-refractivity contribution in [2.45, 2.75) is 25.8 Å². The number of hydrogen-bond acceptors (Lipinski definition) is 3. The molecule has 1 aromatic carbocycles. The summed E-state index contributed by atoms with van der Waals surface area (Å²) in [5.41, 5.74) is -0.305. The largest absolute Gasteiger partial charge is 0.353 e. The monoisotopic (exact) mass is 278 g/mol. The maximum Gasteiger partial charge on any atom is 0.240 e. The van der Waals surface area contributed by atoms with E-state index in [0.29, 0.717) is 18.7 Å². The van der Waals surface area contributed by atoms with Crippen LogP contribution in [-0.2, 0) is 16.0 Å². The molecule has 20 heavy (non-hydrogen) atoms. The fourth-order valence-electron chi connectivity index (χ4n) is 2.34. The van der Waals surface area contributed by atoms with E-state index in [-0.39, 0.29) is 30.5 Å². The van der Waals surface area contributed by atoms with Gasteiger partial charge >= 0.3 is 0 Å². The molecular weight excluding hydrogens is 259 g/mol. The van der Waals surface area contributed by atoms with E-state index >= 15 is 0 Å². The summed E-state index contributed by atoms with van der Waals surface area (Å²) in [6, 6.07) is 6.27. The average Bonchev–Trinajstić information content (AvgIpc) is 2.38. The van der Waals surface area contributed by atoms with Crippen molar-refractivity contribution in [1.82, 2.24) is 10.2 Å². The van der Waals surface area contributed by atoms with E-state index in [0.717, 1.165) is 0 Å². The number of rotatable bonds is 4. The SMILES string of the molecule is CC1(C)C(=O)NCCN1CC(=O)Cc1ccccc1F. The highest BCUT2D eigenvalue weighted by Gasteiger charge is 2.38. The number of Topliss-reactive ketones (excluding diaryl/α,β-unsaturated/α-hetero) is 1. The van der Waals surface area contributed by atoms with Gasteiger partial charge in [-0.25, -0.2) is 4.39 Å². The van der Waals surface area contributed by atoms with Gasteiger partial charge in [-0.1, -0.05) is 18.2 Å². The molecule has 1 heterocycles. The second-order valence-corrected chi connectivity index (χ2v) is 5.54. The molecule has 0 saturated carbocycles. The predicted octanol–water partition coefficient (Wildman–Crippen LogP) is 1.15. The van der Waals surface area contributed by atoms with Gasteiger partial charge in [0.15, 0.2) is 5.78 Å². The highest BCUT2D eigenvalue weighted by Crippen LogP contribution is 2.18. The molecule has 2 rings (SSSR count). The summed E-state index contributed by atoms with van der Waals surface area (Å²) in [4.78, 5) is 25.7. The third-order valence-corrected chi connectivity index (χ3v) is 3.73. The number of piperazine rings is 1. The fourth-order valence-corrected chi connectivity index (χ4v) is 2.34. The maximum absolute atomic E-state index is 13.5. The summed E-state index contributed by atoms with van der Waals surface area (Å²) >= 11 is 0. The van der Waals surface area contributed by atoms with Crippen LogP contribution in [0.3, 0.4) is 0 Å². The van der Waals surface area contributed by atoms with Gasteiger partial charge in [0.1, 0.15) is 5.82 Å². The van der Waals surface area contributed by atoms with Gasteiger partial charge in [-0.2, -0.15) is 0 Å². The Kier molecular flexibility index (Phi) is 4.18. The zero-order chi connectivity index (χ0) is 14.8. The summed E-state index contributed by atoms with van der Waals surface area (Å²) in [6.45, 7) is 4.90. The van der Waals surface area contributed by atoms with Crippen molar-refractivity contribution in [3.63, 3.8) is 0 Å². The van der Waals surface area contributed by atoms with Crippen LogP contribution in [0.5, 0.6) is 0 Å². The van der Waals surface area contributed by atoms with Gasteiger partial charge in [0, 0.05) is 19.5 Å². The normalized spacial score (nSPS) is 18.6. The molecule has 0 radical (unpaired) electrons. The standard InChI is InChI=1S/C15H19FN2O2/c1-15(2)14(20)17-7-8-18(15)10-12(19)9-11-5-3-4-6-13(11)16/h3-6H,7-10H2,1-2H3,(H,17,20). The second kappa shape index (κ2) is 5.71. The third-order valence-electron chi connectivity index (χ3n) is 3.73. The molecule has 1 aliphatic rings. The molecule has 0 spiro atoms. The smallest absolute Gasteiger partial charge is 0.240 e. The molecule has 108 valence electrons. The summed E-state index contributed by atoms with van der Waals surface area (Å²) in [5, 5.41) is 2.78. The summed E-state index contributed by atoms with van der Waals surface area (Å²) < 4.78 is 13.5. The van der Waals surface area contributed by atoms with Crippen molar-refractivity contribution < 1.29 is 14.0 Å². The van der Waals surface area contributed by atoms with E-state index in [9.17, 15) is 14.0 Å². The van der Waals surface area contributed by atoms with E-state index < -0.39 is 5.54 Å². The lowest BCUT2D eigenvalue weighted by Gasteiger charge is -2.40. The Hall–Kier alpha value is -1.75. The van der Waals surface area contributed by atoms with Crippen molar-refractivity contribution in [2.24, 2.45) is 0 Å². The first kappa shape index (κ1) is 14.7. The average molecular weight is 278 g/mol. The van der Waals surface area contributed by atoms with E-state index in [1.165, 1.54) is 6.07 Å². The molecule has 4 nitrogen and oxygen atoms in total. The first-order chi connectivity index (χ1) is 9.41. The van der Waals surface area contributed by atoms with Crippen molar-refractivity contribution in [1.29, 1.82) is 0 Å². The molecule has 1 N–H and O–H groups in total. The zero-order valence-electron chi connectivity index (χ0n) is 11.8. The number of carbonyl (C=O) groups is 2. The topological polar surface area (TPSA) is 49.4 Å². The number of nitrogens with zero attached hydrogens (tertiary/aromatic N) is 1. The lowest BCUT2D eigenvalue weighted by Crippen LogP contribution is -2.62. The molecule has 1 aromatic rings. The van der Waals surface area contributed by atoms with E-state index in [1.807, 2.05) is 4.90 Å². The molecule has 1 aliphatic heterocycles. The van der Waals surface area contributed by atoms with Crippen LogP contribution in [0, 0.1) is 5.82 Å². The Morgan fingerprint density at radius 3 is 2.80 bits per heavy atom. The van der Waals surface area contributed by atoms with Gasteiger partial charge in [0.2, 0.25) is 5.91 Å². The Balaban J connectivity index is 2.01. The molecule has 0 bridgehead atoms. The predicted molar refractivity (Wildman–Crippen MR) is 73.8 cm³/mol. The summed E-state index contributed by atoms with van der Waals surface area (Å²) in [6.07, 6.45) is 0.0564. The van der Waals surface area contributed by atoms with Crippen LogP contribution in [0.1, 0.15) is 19.4 Å². The van der Waals surface area contributed by atoms with Crippen molar-refractivity contribution >= 4 is 11.7 Å². The molecule has 1 amide bonds. The molecule has 0 unspecified atom stereocenters. The molecule has 0 aromatic heterocycles. The zero-order valence-corrected chi connectivity index (χ0v) is 11.8. The lowest BCUT2D eigenvalue weighted by molar-refractivity contribution is -0.136. The van der Waals surface area contributed by atoms with E-state index in [4.69, 9.17) is 0 Å². The minimum Gasteiger partial charge on any atom is -0.353 e. The number of nitrogens with one attached hydrogen (secondary N) is 1. The van der Waals surface area contributed by atoms with Gasteiger partial charge in [0.05, 0.1) is 12.1 Å². The third kappa shape index (κ3) is 3.04. The fraction of sp³-hybridized carbons (Fsp3) is 0.467. The first-order valence-electron chi connectivity index (χ1n) is 6.69. The Labute approximate surface area is 118 Å². The number of hydrogen-bond donors (Lipinski definition) is 1. The quantitative estimate of drug-likeness (QED) is 0.899. The van der Waals surface area contributed by atoms with Gasteiger partial charge in [-0.15, -0.1) is 0 Å². The molecule has 5 heteroatoms. The number of carbonyl (C=O) groups excluding carboxylic acids is 2. The number of amides is 1. The van der Waals surface area contributed by atoms with Crippen LogP contribution in [0.4, 0.5) is 4.39 Å². The van der Waals surface area contributed by atoms with Gasteiger partial charge in [0.25, 0.3) is 0 Å². The van der Waals surface area contributed by atoms with Crippen LogP contribution >= 0.6 is 0 Å². The second-order valence-electron chi connectivity index (χ2n) is 5.54. The van der Waals surface area contributed by atoms with Crippen LogP contribution < -0.4 is 5.32 Å². The highest BCUT2D eigenvalue weighted by molar-refractivity contribution is 5.88. The highest BCUT2D eigenvalue weighted by atomic mass is 19.1. The van der Waals surface area contributed by atoms with Crippen molar-refractivity contribution in [3.8, 4) is 0 Å². The molecule has 1 fully saturated rings. The minimum atomic E-state index is -0.705. The molecule has 1 saturated heterocycles. The number of halogens is 1. The van der Waals surface area contributed by atoms with Crippen LogP contribution in [0.25, 0.3) is 0 Å². The Morgan fingerprint density at radius 2 is 2.10 bits per heavy atom. The summed E-state index contributed by atoms with van der Waals surface area (Å²) in [7, 11) is 0. The lowest BCUT2D eigenvalue weighted by atomic mass is 9.97. The summed E-state index contributed by atoms with van der Waals surface area (Å²) in [5.74, 6) is -0.531. The van der Waals surface area contributed by atoms with Crippen LogP contribution in [-0.4, -0.2) is 41.8 Å². The van der Waals surface area contributed by atoms with Gasteiger partial charge in [-0.05, 0) is 25.5 Å².